The average molecular weight is 272 g/mol. The summed E-state index contributed by atoms with van der Waals surface area (Å²) in [6.45, 7) is 7.73. The first-order chi connectivity index (χ1) is 8.86. The summed E-state index contributed by atoms with van der Waals surface area (Å²) >= 11 is 0. The molecule has 3 unspecified atom stereocenters. The fourth-order valence-electron chi connectivity index (χ4n) is 2.44. The van der Waals surface area contributed by atoms with Gasteiger partial charge >= 0.3 is 5.97 Å². The number of nitrogens with two attached hydrogens (primary N) is 1. The Hall–Kier alpha value is -0.650. The van der Waals surface area contributed by atoms with Crippen molar-refractivity contribution in [1.29, 1.82) is 0 Å². The van der Waals surface area contributed by atoms with Gasteiger partial charge in [0.15, 0.2) is 0 Å². The predicted molar refractivity (Wildman–Crippen MR) is 74.9 cm³/mol. The van der Waals surface area contributed by atoms with Gasteiger partial charge in [-0.15, -0.1) is 0 Å². The molecule has 0 bridgehead atoms. The lowest BCUT2D eigenvalue weighted by atomic mass is 9.94. The highest BCUT2D eigenvalue weighted by Crippen LogP contribution is 2.18. The molecule has 0 saturated carbocycles. The molecule has 0 amide bonds. The summed E-state index contributed by atoms with van der Waals surface area (Å²) in [6, 6.07) is 0.212. The molecule has 1 heterocycles. The normalized spacial score (nSPS) is 24.2. The maximum Gasteiger partial charge on any atom is 0.325 e. The van der Waals surface area contributed by atoms with Crippen molar-refractivity contribution in [3.63, 3.8) is 0 Å². The van der Waals surface area contributed by atoms with Crippen LogP contribution in [0.5, 0.6) is 0 Å². The molecule has 1 aliphatic heterocycles. The molecule has 2 N–H and O–H groups in total. The van der Waals surface area contributed by atoms with Crippen LogP contribution in [0.25, 0.3) is 0 Å². The number of ether oxygens (including phenoxy) is 2. The highest BCUT2D eigenvalue weighted by Gasteiger charge is 2.33. The maximum atomic E-state index is 11.8. The molecule has 5 heteroatoms. The van der Waals surface area contributed by atoms with Gasteiger partial charge in [0.1, 0.15) is 5.54 Å². The zero-order valence-electron chi connectivity index (χ0n) is 12.6. The fourth-order valence-corrected chi connectivity index (χ4v) is 2.44. The van der Waals surface area contributed by atoms with Crippen molar-refractivity contribution < 1.29 is 14.3 Å². The zero-order valence-corrected chi connectivity index (χ0v) is 12.6. The number of nitrogens with zero attached hydrogens (tertiary/aromatic N) is 1. The molecular weight excluding hydrogens is 244 g/mol. The van der Waals surface area contributed by atoms with Gasteiger partial charge in [0.25, 0.3) is 0 Å². The summed E-state index contributed by atoms with van der Waals surface area (Å²) in [5.41, 5.74) is 5.13. The second-order valence-electron chi connectivity index (χ2n) is 5.77. The van der Waals surface area contributed by atoms with E-state index in [4.69, 9.17) is 15.2 Å². The minimum Gasteiger partial charge on any atom is -0.465 e. The van der Waals surface area contributed by atoms with Crippen LogP contribution in [0.4, 0.5) is 0 Å². The molecule has 0 spiro atoms. The number of hydrogen-bond acceptors (Lipinski definition) is 5. The highest BCUT2D eigenvalue weighted by atomic mass is 16.5. The molecule has 1 aliphatic rings. The van der Waals surface area contributed by atoms with Gasteiger partial charge in [0, 0.05) is 19.2 Å². The van der Waals surface area contributed by atoms with Gasteiger partial charge in [-0.2, -0.15) is 0 Å². The van der Waals surface area contributed by atoms with E-state index in [1.54, 1.807) is 13.8 Å². The number of esters is 1. The second kappa shape index (κ2) is 7.22. The molecule has 0 radical (unpaired) electrons. The lowest BCUT2D eigenvalue weighted by molar-refractivity contribution is -0.149. The Kier molecular flexibility index (Phi) is 6.23. The van der Waals surface area contributed by atoms with Crippen molar-refractivity contribution in [2.24, 2.45) is 5.73 Å². The van der Waals surface area contributed by atoms with Crippen LogP contribution < -0.4 is 5.73 Å². The highest BCUT2D eigenvalue weighted by molar-refractivity contribution is 5.80. The first-order valence-electron chi connectivity index (χ1n) is 7.14. The molecule has 0 aromatic heterocycles. The summed E-state index contributed by atoms with van der Waals surface area (Å²) < 4.78 is 10.6. The van der Waals surface area contributed by atoms with Crippen LogP contribution in [-0.4, -0.2) is 55.4 Å². The average Bonchev–Trinajstić information content (AvgIpc) is 2.81. The van der Waals surface area contributed by atoms with Crippen molar-refractivity contribution in [1.82, 2.24) is 4.90 Å². The van der Waals surface area contributed by atoms with Crippen molar-refractivity contribution in [3.8, 4) is 0 Å². The Morgan fingerprint density at radius 3 is 2.84 bits per heavy atom. The molecule has 0 aromatic rings. The fraction of sp³-hybridized carbons (Fsp3) is 0.929. The maximum absolute atomic E-state index is 11.8. The Labute approximate surface area is 116 Å². The van der Waals surface area contributed by atoms with E-state index in [9.17, 15) is 4.79 Å². The lowest BCUT2D eigenvalue weighted by Crippen LogP contribution is -2.51. The summed E-state index contributed by atoms with van der Waals surface area (Å²) in [5, 5.41) is 0. The predicted octanol–water partition coefficient (Wildman–Crippen LogP) is 1.16. The van der Waals surface area contributed by atoms with Gasteiger partial charge in [0.05, 0.1) is 12.7 Å². The number of rotatable bonds is 7. The molecule has 1 fully saturated rings. The summed E-state index contributed by atoms with van der Waals surface area (Å²) in [5.74, 6) is -0.327. The van der Waals surface area contributed by atoms with Crippen LogP contribution in [0.2, 0.25) is 0 Å². The Balaban J connectivity index is 2.43. The third-order valence-corrected chi connectivity index (χ3v) is 3.73. The van der Waals surface area contributed by atoms with Crippen molar-refractivity contribution in [3.05, 3.63) is 0 Å². The molecule has 19 heavy (non-hydrogen) atoms. The number of hydrogen-bond donors (Lipinski definition) is 1. The third-order valence-electron chi connectivity index (χ3n) is 3.73. The Bertz CT molecular complexity index is 288. The van der Waals surface area contributed by atoms with E-state index < -0.39 is 5.54 Å². The first-order valence-corrected chi connectivity index (χ1v) is 7.14. The third kappa shape index (κ3) is 5.09. The van der Waals surface area contributed by atoms with Crippen LogP contribution in [0.15, 0.2) is 0 Å². The van der Waals surface area contributed by atoms with Gasteiger partial charge in [-0.25, -0.2) is 0 Å². The smallest absolute Gasteiger partial charge is 0.325 e. The number of likely N-dealkylation sites (N-methyl/N-ethyl adjacent to an activating group) is 1. The van der Waals surface area contributed by atoms with E-state index in [1.165, 1.54) is 0 Å². The summed E-state index contributed by atoms with van der Waals surface area (Å²) in [6.07, 6.45) is 3.16. The van der Waals surface area contributed by atoms with Gasteiger partial charge < -0.3 is 20.1 Å². The van der Waals surface area contributed by atoms with E-state index in [0.29, 0.717) is 19.1 Å². The van der Waals surface area contributed by atoms with E-state index in [0.717, 1.165) is 26.0 Å². The zero-order chi connectivity index (χ0) is 14.5. The molecule has 3 atom stereocenters. The van der Waals surface area contributed by atoms with Gasteiger partial charge in [0.2, 0.25) is 0 Å². The molecule has 1 rings (SSSR count). The standard InChI is InChI=1S/C14H28N2O3/c1-5-18-13(17)14(3,15)9-11(2)16(4)10-12-7-6-8-19-12/h11-12H,5-10,15H2,1-4H3. The minimum absolute atomic E-state index is 0.212. The van der Waals surface area contributed by atoms with Gasteiger partial charge in [-0.05, 0) is 47.1 Å². The topological polar surface area (TPSA) is 64.8 Å². The van der Waals surface area contributed by atoms with Crippen LogP contribution in [0.3, 0.4) is 0 Å². The Morgan fingerprint density at radius 2 is 2.32 bits per heavy atom. The minimum atomic E-state index is -0.930. The monoisotopic (exact) mass is 272 g/mol. The second-order valence-corrected chi connectivity index (χ2v) is 5.77. The van der Waals surface area contributed by atoms with Crippen LogP contribution in [0, 0.1) is 0 Å². The first kappa shape index (κ1) is 16.4. The van der Waals surface area contributed by atoms with Crippen molar-refractivity contribution in [2.45, 2.75) is 57.7 Å². The molecule has 0 aromatic carbocycles. The van der Waals surface area contributed by atoms with Crippen LogP contribution in [0.1, 0.15) is 40.0 Å². The molecule has 112 valence electrons. The number of carbonyl (C=O) groups excluding carboxylic acids is 1. The Morgan fingerprint density at radius 1 is 1.63 bits per heavy atom. The van der Waals surface area contributed by atoms with Gasteiger partial charge in [-0.1, -0.05) is 0 Å². The molecule has 0 aliphatic carbocycles. The lowest BCUT2D eigenvalue weighted by Gasteiger charge is -2.32. The molecular formula is C14H28N2O3. The van der Waals surface area contributed by atoms with E-state index in [1.807, 2.05) is 7.05 Å². The van der Waals surface area contributed by atoms with E-state index in [-0.39, 0.29) is 12.0 Å². The SMILES string of the molecule is CCOC(=O)C(C)(N)CC(C)N(C)CC1CCCO1. The largest absolute Gasteiger partial charge is 0.465 e. The molecule has 5 nitrogen and oxygen atoms in total. The van der Waals surface area contributed by atoms with Crippen LogP contribution in [-0.2, 0) is 14.3 Å². The summed E-state index contributed by atoms with van der Waals surface area (Å²) in [4.78, 5) is 14.0. The van der Waals surface area contributed by atoms with Crippen molar-refractivity contribution >= 4 is 5.97 Å². The van der Waals surface area contributed by atoms with Crippen molar-refractivity contribution in [2.75, 3.05) is 26.8 Å². The van der Waals surface area contributed by atoms with Gasteiger partial charge in [-0.3, -0.25) is 4.79 Å². The summed E-state index contributed by atoms with van der Waals surface area (Å²) in [7, 11) is 2.05. The molecule has 1 saturated heterocycles. The van der Waals surface area contributed by atoms with E-state index >= 15 is 0 Å². The quantitative estimate of drug-likeness (QED) is 0.704. The van der Waals surface area contributed by atoms with E-state index in [2.05, 4.69) is 11.8 Å². The van der Waals surface area contributed by atoms with Crippen LogP contribution >= 0.6 is 0 Å². The number of carbonyl (C=O) groups is 1.